The van der Waals surface area contributed by atoms with E-state index in [2.05, 4.69) is 12.2 Å². The second-order valence-electron chi connectivity index (χ2n) is 10.3. The van der Waals surface area contributed by atoms with E-state index in [4.69, 9.17) is 4.74 Å². The molecule has 2 aliphatic heterocycles. The molecule has 11 heteroatoms. The minimum atomic E-state index is -4.11. The molecule has 2 aromatic rings. The molecule has 0 unspecified atom stereocenters. The number of ether oxygens (including phenoxy) is 1. The van der Waals surface area contributed by atoms with Gasteiger partial charge < -0.3 is 10.1 Å². The lowest BCUT2D eigenvalue weighted by atomic mass is 10.0. The number of sulfonamides is 2. The molecule has 0 spiro atoms. The van der Waals surface area contributed by atoms with Crippen molar-refractivity contribution in [3.05, 3.63) is 53.6 Å². The molecular weight excluding hydrogens is 526 g/mol. The van der Waals surface area contributed by atoms with Crippen molar-refractivity contribution in [2.45, 2.75) is 62.3 Å². The maximum atomic E-state index is 13.7. The number of anilines is 1. The summed E-state index contributed by atoms with van der Waals surface area (Å²) < 4.78 is 61.8. The molecule has 0 radical (unpaired) electrons. The first-order chi connectivity index (χ1) is 18.0. The Labute approximate surface area is 226 Å². The zero-order chi connectivity index (χ0) is 27.5. The standard InChI is InChI=1S/C27H37N3O6S2/c1-20-13-15-29(16-14-20)37(32,33)24-9-11-25(12-10-24)38(34,35)30(18-23-8-5-17-36-23)19-26(31)28-27-21(2)6-4-7-22(27)3/h4,6-7,9-12,20,23H,5,8,13-19H2,1-3H3,(H,28,31)/t23-/m0/s1. The van der Waals surface area contributed by atoms with Crippen LogP contribution in [0, 0.1) is 19.8 Å². The second kappa shape index (κ2) is 11.8. The van der Waals surface area contributed by atoms with E-state index in [0.29, 0.717) is 37.7 Å². The molecule has 208 valence electrons. The zero-order valence-electron chi connectivity index (χ0n) is 22.2. The zero-order valence-corrected chi connectivity index (χ0v) is 23.9. The Morgan fingerprint density at radius 2 is 1.58 bits per heavy atom. The third kappa shape index (κ3) is 6.45. The molecule has 2 aliphatic rings. The van der Waals surface area contributed by atoms with Crippen LogP contribution < -0.4 is 5.32 Å². The molecule has 2 heterocycles. The fraction of sp³-hybridized carbons (Fsp3) is 0.519. The molecule has 4 rings (SSSR count). The second-order valence-corrected chi connectivity index (χ2v) is 14.2. The summed E-state index contributed by atoms with van der Waals surface area (Å²) in [5, 5.41) is 2.86. The summed E-state index contributed by atoms with van der Waals surface area (Å²) in [5.74, 6) is 0.0261. The number of rotatable bonds is 9. The number of carbonyl (C=O) groups excluding carboxylic acids is 1. The largest absolute Gasteiger partial charge is 0.377 e. The number of nitrogens with zero attached hydrogens (tertiary/aromatic N) is 2. The van der Waals surface area contributed by atoms with Crippen LogP contribution in [0.3, 0.4) is 0 Å². The molecule has 0 saturated carbocycles. The highest BCUT2D eigenvalue weighted by atomic mass is 32.2. The van der Waals surface area contributed by atoms with Gasteiger partial charge in [0.2, 0.25) is 26.0 Å². The molecule has 9 nitrogen and oxygen atoms in total. The first kappa shape index (κ1) is 28.7. The highest BCUT2D eigenvalue weighted by Crippen LogP contribution is 2.26. The van der Waals surface area contributed by atoms with Crippen molar-refractivity contribution in [3.63, 3.8) is 0 Å². The van der Waals surface area contributed by atoms with Crippen LogP contribution in [0.1, 0.15) is 43.7 Å². The number of para-hydroxylation sites is 1. The topological polar surface area (TPSA) is 113 Å². The smallest absolute Gasteiger partial charge is 0.243 e. The number of amides is 1. The molecule has 38 heavy (non-hydrogen) atoms. The predicted octanol–water partition coefficient (Wildman–Crippen LogP) is 3.53. The van der Waals surface area contributed by atoms with Crippen LogP contribution in [-0.2, 0) is 29.6 Å². The van der Waals surface area contributed by atoms with Crippen LogP contribution >= 0.6 is 0 Å². The number of aryl methyl sites for hydroxylation is 2. The normalized spacial score (nSPS) is 19.6. The van der Waals surface area contributed by atoms with Crippen LogP contribution in [0.5, 0.6) is 0 Å². The fourth-order valence-electron chi connectivity index (χ4n) is 4.92. The van der Waals surface area contributed by atoms with Gasteiger partial charge in [0.05, 0.1) is 22.4 Å². The monoisotopic (exact) mass is 563 g/mol. The van der Waals surface area contributed by atoms with Crippen LogP contribution in [0.2, 0.25) is 0 Å². The molecule has 2 saturated heterocycles. The Hall–Kier alpha value is -2.31. The minimum Gasteiger partial charge on any atom is -0.377 e. The summed E-state index contributed by atoms with van der Waals surface area (Å²) >= 11 is 0. The van der Waals surface area contributed by atoms with Gasteiger partial charge in [0, 0.05) is 31.9 Å². The van der Waals surface area contributed by atoms with E-state index < -0.39 is 26.0 Å². The van der Waals surface area contributed by atoms with Crippen molar-refractivity contribution in [1.82, 2.24) is 8.61 Å². The van der Waals surface area contributed by atoms with Crippen molar-refractivity contribution in [2.24, 2.45) is 5.92 Å². The Morgan fingerprint density at radius 3 is 2.16 bits per heavy atom. The van der Waals surface area contributed by atoms with Gasteiger partial charge in [-0.1, -0.05) is 25.1 Å². The first-order valence-electron chi connectivity index (χ1n) is 13.1. The summed E-state index contributed by atoms with van der Waals surface area (Å²) in [6.07, 6.45) is 2.83. The van der Waals surface area contributed by atoms with Crippen molar-refractivity contribution in [1.29, 1.82) is 0 Å². The maximum Gasteiger partial charge on any atom is 0.243 e. The van der Waals surface area contributed by atoms with E-state index in [-0.39, 0.29) is 29.0 Å². The minimum absolute atomic E-state index is 0.0362. The summed E-state index contributed by atoms with van der Waals surface area (Å²) in [4.78, 5) is 13.0. The molecule has 0 aromatic heterocycles. The average molecular weight is 564 g/mol. The summed E-state index contributed by atoms with van der Waals surface area (Å²) in [6.45, 7) is 6.97. The molecule has 2 fully saturated rings. The van der Waals surface area contributed by atoms with Crippen molar-refractivity contribution in [2.75, 3.05) is 38.1 Å². The number of piperidine rings is 1. The third-order valence-electron chi connectivity index (χ3n) is 7.34. The Kier molecular flexibility index (Phi) is 8.93. The molecule has 1 amide bonds. The average Bonchev–Trinajstić information content (AvgIpc) is 3.39. The van der Waals surface area contributed by atoms with Gasteiger partial charge in [-0.15, -0.1) is 0 Å². The molecule has 2 aromatic carbocycles. The lowest BCUT2D eigenvalue weighted by molar-refractivity contribution is -0.116. The van der Waals surface area contributed by atoms with Crippen LogP contribution in [0.15, 0.2) is 52.3 Å². The van der Waals surface area contributed by atoms with E-state index >= 15 is 0 Å². The van der Waals surface area contributed by atoms with Gasteiger partial charge in [0.25, 0.3) is 0 Å². The van der Waals surface area contributed by atoms with Crippen molar-refractivity contribution in [3.8, 4) is 0 Å². The van der Waals surface area contributed by atoms with Crippen LogP contribution in [0.25, 0.3) is 0 Å². The predicted molar refractivity (Wildman–Crippen MR) is 146 cm³/mol. The number of hydrogen-bond acceptors (Lipinski definition) is 6. The lowest BCUT2D eigenvalue weighted by Gasteiger charge is -2.29. The number of hydrogen-bond donors (Lipinski definition) is 1. The molecular formula is C27H37N3O6S2. The summed E-state index contributed by atoms with van der Waals surface area (Å²) in [6, 6.07) is 10.9. The van der Waals surface area contributed by atoms with Gasteiger partial charge in [-0.3, -0.25) is 4.79 Å². The Bertz CT molecular complexity index is 1330. The van der Waals surface area contributed by atoms with Gasteiger partial charge in [-0.05, 0) is 80.8 Å². The van der Waals surface area contributed by atoms with Gasteiger partial charge in [0.15, 0.2) is 0 Å². The van der Waals surface area contributed by atoms with Gasteiger partial charge in [-0.2, -0.15) is 8.61 Å². The fourth-order valence-corrected chi connectivity index (χ4v) is 7.82. The van der Waals surface area contributed by atoms with E-state index in [9.17, 15) is 21.6 Å². The Morgan fingerprint density at radius 1 is 0.974 bits per heavy atom. The SMILES string of the molecule is Cc1cccc(C)c1NC(=O)CN(C[C@@H]1CCCO1)S(=O)(=O)c1ccc(S(=O)(=O)N2CCC(C)CC2)cc1. The third-order valence-corrected chi connectivity index (χ3v) is 11.1. The molecule has 0 aliphatic carbocycles. The number of benzene rings is 2. The van der Waals surface area contributed by atoms with Gasteiger partial charge >= 0.3 is 0 Å². The quantitative estimate of drug-likeness (QED) is 0.500. The molecule has 1 atom stereocenters. The summed E-state index contributed by atoms with van der Waals surface area (Å²) in [7, 11) is -7.81. The highest BCUT2D eigenvalue weighted by molar-refractivity contribution is 7.89. The van der Waals surface area contributed by atoms with Gasteiger partial charge in [-0.25, -0.2) is 16.8 Å². The molecule has 1 N–H and O–H groups in total. The Balaban J connectivity index is 1.55. The highest BCUT2D eigenvalue weighted by Gasteiger charge is 2.32. The van der Waals surface area contributed by atoms with E-state index in [1.807, 2.05) is 32.0 Å². The van der Waals surface area contributed by atoms with E-state index in [1.165, 1.54) is 28.6 Å². The summed E-state index contributed by atoms with van der Waals surface area (Å²) in [5.41, 5.74) is 2.42. The van der Waals surface area contributed by atoms with Crippen LogP contribution in [0.4, 0.5) is 5.69 Å². The van der Waals surface area contributed by atoms with E-state index in [0.717, 1.165) is 34.7 Å². The van der Waals surface area contributed by atoms with Gasteiger partial charge in [0.1, 0.15) is 0 Å². The maximum absolute atomic E-state index is 13.7. The first-order valence-corrected chi connectivity index (χ1v) is 15.9. The number of carbonyl (C=O) groups is 1. The van der Waals surface area contributed by atoms with Crippen molar-refractivity contribution < 1.29 is 26.4 Å². The number of nitrogens with one attached hydrogen (secondary N) is 1. The lowest BCUT2D eigenvalue weighted by Crippen LogP contribution is -2.42. The molecule has 0 bridgehead atoms. The van der Waals surface area contributed by atoms with E-state index in [1.54, 1.807) is 0 Å². The van der Waals surface area contributed by atoms with Crippen molar-refractivity contribution >= 4 is 31.6 Å². The van der Waals surface area contributed by atoms with Crippen LogP contribution in [-0.4, -0.2) is 70.2 Å².